The van der Waals surface area contributed by atoms with Gasteiger partial charge in [-0.3, -0.25) is 0 Å². The summed E-state index contributed by atoms with van der Waals surface area (Å²) < 4.78 is 19.6. The van der Waals surface area contributed by atoms with Gasteiger partial charge in [-0.25, -0.2) is 4.39 Å². The van der Waals surface area contributed by atoms with Crippen molar-refractivity contribution in [3.05, 3.63) is 34.6 Å². The van der Waals surface area contributed by atoms with E-state index in [-0.39, 0.29) is 22.5 Å². The number of hydrogen-bond donors (Lipinski definition) is 1. The molecular weight excluding hydrogens is 289 g/mol. The normalized spacial score (nSPS) is 23.0. The Morgan fingerprint density at radius 1 is 1.43 bits per heavy atom. The third-order valence-electron chi connectivity index (χ3n) is 4.71. The summed E-state index contributed by atoms with van der Waals surface area (Å²) >= 11 is 5.74. The Morgan fingerprint density at radius 3 is 2.76 bits per heavy atom. The van der Waals surface area contributed by atoms with Gasteiger partial charge in [-0.15, -0.1) is 0 Å². The van der Waals surface area contributed by atoms with Crippen LogP contribution in [0.25, 0.3) is 0 Å². The average Bonchev–Trinajstić information content (AvgIpc) is 2.50. The van der Waals surface area contributed by atoms with Gasteiger partial charge in [0.15, 0.2) is 0 Å². The van der Waals surface area contributed by atoms with Crippen molar-refractivity contribution < 1.29 is 9.13 Å². The third kappa shape index (κ3) is 3.97. The first-order chi connectivity index (χ1) is 9.99. The van der Waals surface area contributed by atoms with E-state index in [0.717, 1.165) is 37.9 Å². The molecule has 1 N–H and O–H groups in total. The van der Waals surface area contributed by atoms with Crippen molar-refractivity contribution in [2.45, 2.75) is 64.1 Å². The van der Waals surface area contributed by atoms with E-state index in [1.807, 2.05) is 6.07 Å². The molecule has 0 aliphatic carbocycles. The minimum atomic E-state index is -0.355. The monoisotopic (exact) mass is 313 g/mol. The van der Waals surface area contributed by atoms with E-state index in [2.05, 4.69) is 26.1 Å². The van der Waals surface area contributed by atoms with Gasteiger partial charge in [0.05, 0.1) is 10.6 Å². The molecule has 0 aromatic heterocycles. The van der Waals surface area contributed by atoms with Crippen LogP contribution in [0.15, 0.2) is 18.2 Å². The van der Waals surface area contributed by atoms with Crippen LogP contribution in [0.2, 0.25) is 5.02 Å². The van der Waals surface area contributed by atoms with E-state index in [9.17, 15) is 4.39 Å². The second kappa shape index (κ2) is 7.08. The maximum absolute atomic E-state index is 13.6. The summed E-state index contributed by atoms with van der Waals surface area (Å²) in [6, 6.07) is 5.54. The number of nitrogens with one attached hydrogen (secondary N) is 1. The number of rotatable bonds is 5. The fraction of sp³-hybridized carbons (Fsp3) is 0.647. The van der Waals surface area contributed by atoms with Crippen LogP contribution < -0.4 is 5.32 Å². The third-order valence-corrected chi connectivity index (χ3v) is 5.02. The van der Waals surface area contributed by atoms with Crippen LogP contribution in [-0.2, 0) is 4.74 Å². The summed E-state index contributed by atoms with van der Waals surface area (Å²) in [4.78, 5) is 0. The van der Waals surface area contributed by atoms with Gasteiger partial charge in [0.1, 0.15) is 5.82 Å². The molecule has 2 unspecified atom stereocenters. The Balaban J connectivity index is 2.01. The largest absolute Gasteiger partial charge is 0.375 e. The predicted molar refractivity (Wildman–Crippen MR) is 85.2 cm³/mol. The van der Waals surface area contributed by atoms with Gasteiger partial charge in [-0.1, -0.05) is 31.5 Å². The molecule has 2 nitrogen and oxygen atoms in total. The van der Waals surface area contributed by atoms with Crippen molar-refractivity contribution in [1.29, 1.82) is 0 Å². The lowest BCUT2D eigenvalue weighted by molar-refractivity contribution is -0.0939. The van der Waals surface area contributed by atoms with Crippen LogP contribution in [0.5, 0.6) is 0 Å². The first-order valence-electron chi connectivity index (χ1n) is 7.84. The molecule has 0 spiro atoms. The van der Waals surface area contributed by atoms with Crippen LogP contribution in [-0.4, -0.2) is 18.2 Å². The van der Waals surface area contributed by atoms with Gasteiger partial charge in [0.25, 0.3) is 0 Å². The van der Waals surface area contributed by atoms with Crippen LogP contribution in [0.3, 0.4) is 0 Å². The van der Waals surface area contributed by atoms with E-state index in [4.69, 9.17) is 16.3 Å². The summed E-state index contributed by atoms with van der Waals surface area (Å²) in [5, 5.41) is 3.79. The molecule has 1 heterocycles. The minimum absolute atomic E-state index is 0.000876. The average molecular weight is 314 g/mol. The van der Waals surface area contributed by atoms with Gasteiger partial charge in [-0.05, 0) is 50.3 Å². The highest BCUT2D eigenvalue weighted by Crippen LogP contribution is 2.32. The van der Waals surface area contributed by atoms with Crippen molar-refractivity contribution in [3.63, 3.8) is 0 Å². The number of hydrogen-bond acceptors (Lipinski definition) is 2. The van der Waals surface area contributed by atoms with Gasteiger partial charge in [0.2, 0.25) is 0 Å². The molecule has 1 saturated heterocycles. The molecule has 1 aliphatic heterocycles. The van der Waals surface area contributed by atoms with Gasteiger partial charge in [-0.2, -0.15) is 0 Å². The highest BCUT2D eigenvalue weighted by Gasteiger charge is 2.34. The fourth-order valence-corrected chi connectivity index (χ4v) is 3.26. The quantitative estimate of drug-likeness (QED) is 0.837. The summed E-state index contributed by atoms with van der Waals surface area (Å²) in [6.07, 6.45) is 4.08. The fourth-order valence-electron chi connectivity index (χ4n) is 3.14. The van der Waals surface area contributed by atoms with Crippen molar-refractivity contribution in [2.75, 3.05) is 6.61 Å². The number of halogens is 2. The van der Waals surface area contributed by atoms with Crippen LogP contribution in [0, 0.1) is 5.82 Å². The van der Waals surface area contributed by atoms with Crippen molar-refractivity contribution in [2.24, 2.45) is 0 Å². The number of benzene rings is 1. The Hall–Kier alpha value is -0.640. The SMILES string of the molecule is CCC1(CC)CC(NC(C)c2ccc(Cl)c(F)c2)CCO1. The second-order valence-corrected chi connectivity index (χ2v) is 6.40. The topological polar surface area (TPSA) is 21.3 Å². The molecule has 21 heavy (non-hydrogen) atoms. The maximum Gasteiger partial charge on any atom is 0.142 e. The molecule has 1 fully saturated rings. The second-order valence-electron chi connectivity index (χ2n) is 5.99. The Morgan fingerprint density at radius 2 is 2.14 bits per heavy atom. The predicted octanol–water partition coefficient (Wildman–Crippen LogP) is 4.87. The minimum Gasteiger partial charge on any atom is -0.375 e. The molecule has 2 atom stereocenters. The van der Waals surface area contributed by atoms with Crippen molar-refractivity contribution in [3.8, 4) is 0 Å². The molecule has 1 aliphatic rings. The lowest BCUT2D eigenvalue weighted by atomic mass is 9.85. The molecule has 4 heteroatoms. The molecule has 0 saturated carbocycles. The van der Waals surface area contributed by atoms with E-state index >= 15 is 0 Å². The zero-order chi connectivity index (χ0) is 15.5. The Kier molecular flexibility index (Phi) is 5.64. The summed E-state index contributed by atoms with van der Waals surface area (Å²) in [6.45, 7) is 7.23. The molecule has 1 aromatic rings. The van der Waals surface area contributed by atoms with Gasteiger partial charge < -0.3 is 10.1 Å². The first-order valence-corrected chi connectivity index (χ1v) is 8.22. The van der Waals surface area contributed by atoms with E-state index in [0.29, 0.717) is 6.04 Å². The number of ether oxygens (including phenoxy) is 1. The molecule has 2 rings (SSSR count). The Bertz CT molecular complexity index is 476. The van der Waals surface area contributed by atoms with E-state index in [1.54, 1.807) is 6.07 Å². The molecular formula is C17H25ClFNO. The first kappa shape index (κ1) is 16.7. The van der Waals surface area contributed by atoms with E-state index in [1.165, 1.54) is 6.07 Å². The van der Waals surface area contributed by atoms with Crippen molar-refractivity contribution >= 4 is 11.6 Å². The summed E-state index contributed by atoms with van der Waals surface area (Å²) in [7, 11) is 0. The Labute approximate surface area is 132 Å². The summed E-state index contributed by atoms with van der Waals surface area (Å²) in [5.41, 5.74) is 0.933. The van der Waals surface area contributed by atoms with Gasteiger partial charge >= 0.3 is 0 Å². The zero-order valence-corrected chi connectivity index (χ0v) is 13.8. The molecule has 118 valence electrons. The standard InChI is InChI=1S/C17H25ClFNO/c1-4-17(5-2)11-14(8-9-21-17)20-12(3)13-6-7-15(18)16(19)10-13/h6-7,10,12,14,20H,4-5,8-9,11H2,1-3H3. The van der Waals surface area contributed by atoms with Crippen LogP contribution >= 0.6 is 11.6 Å². The van der Waals surface area contributed by atoms with Crippen LogP contribution in [0.4, 0.5) is 4.39 Å². The smallest absolute Gasteiger partial charge is 0.142 e. The lowest BCUT2D eigenvalue weighted by Crippen LogP contribution is -2.47. The zero-order valence-electron chi connectivity index (χ0n) is 13.1. The van der Waals surface area contributed by atoms with E-state index < -0.39 is 0 Å². The molecule has 0 bridgehead atoms. The molecule has 0 amide bonds. The highest BCUT2D eigenvalue weighted by molar-refractivity contribution is 6.30. The van der Waals surface area contributed by atoms with Gasteiger partial charge in [0, 0.05) is 18.7 Å². The highest BCUT2D eigenvalue weighted by atomic mass is 35.5. The maximum atomic E-state index is 13.6. The van der Waals surface area contributed by atoms with Crippen molar-refractivity contribution in [1.82, 2.24) is 5.32 Å². The summed E-state index contributed by atoms with van der Waals surface area (Å²) in [5.74, 6) is -0.355. The van der Waals surface area contributed by atoms with Crippen LogP contribution in [0.1, 0.15) is 58.1 Å². The molecule has 1 aromatic carbocycles. The molecule has 0 radical (unpaired) electrons. The lowest BCUT2D eigenvalue weighted by Gasteiger charge is -2.41.